The Labute approximate surface area is 203 Å². The number of likely N-dealkylation sites (tertiary alicyclic amines) is 2. The molecule has 0 aliphatic carbocycles. The minimum absolute atomic E-state index is 0.116. The third-order valence-electron chi connectivity index (χ3n) is 6.95. The van der Waals surface area contributed by atoms with E-state index in [-0.39, 0.29) is 11.9 Å². The molecule has 0 radical (unpaired) electrons. The number of carbonyl (C=O) groups excluding carboxylic acids is 2. The lowest BCUT2D eigenvalue weighted by Crippen LogP contribution is -2.43. The highest BCUT2D eigenvalue weighted by Crippen LogP contribution is 2.40. The first-order valence-corrected chi connectivity index (χ1v) is 12.3. The SMILES string of the molecule is COc1cc(NC(=O)N2CCC(CC(=O)NCCN3CCCC[C@@H]3C)CC2)cc(OC)c1OC. The maximum Gasteiger partial charge on any atom is 0.321 e. The van der Waals surface area contributed by atoms with Crippen LogP contribution >= 0.6 is 0 Å². The third-order valence-corrected chi connectivity index (χ3v) is 6.95. The number of rotatable bonds is 9. The number of anilines is 1. The number of urea groups is 1. The van der Waals surface area contributed by atoms with Crippen molar-refractivity contribution in [3.8, 4) is 17.2 Å². The molecule has 2 aliphatic rings. The van der Waals surface area contributed by atoms with Crippen molar-refractivity contribution in [3.63, 3.8) is 0 Å². The molecule has 2 heterocycles. The zero-order valence-electron chi connectivity index (χ0n) is 21.0. The fraction of sp³-hybridized carbons (Fsp3) is 0.680. The van der Waals surface area contributed by atoms with E-state index in [4.69, 9.17) is 14.2 Å². The average molecular weight is 477 g/mol. The van der Waals surface area contributed by atoms with Crippen LogP contribution in [0.3, 0.4) is 0 Å². The third kappa shape index (κ3) is 6.91. The number of piperidine rings is 2. The zero-order valence-corrected chi connectivity index (χ0v) is 21.0. The topological polar surface area (TPSA) is 92.4 Å². The van der Waals surface area contributed by atoms with E-state index >= 15 is 0 Å². The van der Waals surface area contributed by atoms with Crippen LogP contribution in [0.5, 0.6) is 17.2 Å². The molecule has 0 saturated carbocycles. The van der Waals surface area contributed by atoms with Crippen LogP contribution in [0, 0.1) is 5.92 Å². The van der Waals surface area contributed by atoms with Crippen LogP contribution in [0.25, 0.3) is 0 Å². The number of carbonyl (C=O) groups is 2. The van der Waals surface area contributed by atoms with Crippen LogP contribution < -0.4 is 24.8 Å². The van der Waals surface area contributed by atoms with Crippen LogP contribution in [0.1, 0.15) is 45.4 Å². The van der Waals surface area contributed by atoms with Gasteiger partial charge in [-0.2, -0.15) is 0 Å². The minimum atomic E-state index is -0.173. The van der Waals surface area contributed by atoms with Crippen molar-refractivity contribution < 1.29 is 23.8 Å². The van der Waals surface area contributed by atoms with Gasteiger partial charge >= 0.3 is 6.03 Å². The number of ether oxygens (including phenoxy) is 3. The van der Waals surface area contributed by atoms with Crippen molar-refractivity contribution in [1.82, 2.24) is 15.1 Å². The molecule has 0 aromatic heterocycles. The predicted octanol–water partition coefficient (Wildman–Crippen LogP) is 3.34. The summed E-state index contributed by atoms with van der Waals surface area (Å²) in [6.07, 6.45) is 5.98. The Morgan fingerprint density at radius 1 is 0.971 bits per heavy atom. The molecule has 190 valence electrons. The molecule has 1 atom stereocenters. The second-order valence-corrected chi connectivity index (χ2v) is 9.21. The van der Waals surface area contributed by atoms with Gasteiger partial charge in [-0.15, -0.1) is 0 Å². The molecule has 2 saturated heterocycles. The van der Waals surface area contributed by atoms with Gasteiger partial charge in [0.05, 0.1) is 27.0 Å². The van der Waals surface area contributed by atoms with Crippen molar-refractivity contribution in [1.29, 1.82) is 0 Å². The number of nitrogens with one attached hydrogen (secondary N) is 2. The molecule has 2 N–H and O–H groups in total. The molecular weight excluding hydrogens is 436 g/mol. The van der Waals surface area contributed by atoms with Gasteiger partial charge in [-0.3, -0.25) is 9.69 Å². The lowest BCUT2D eigenvalue weighted by atomic mass is 9.93. The van der Waals surface area contributed by atoms with Gasteiger partial charge in [-0.05, 0) is 45.1 Å². The van der Waals surface area contributed by atoms with Gasteiger partial charge in [-0.1, -0.05) is 6.42 Å². The van der Waals surface area contributed by atoms with E-state index in [1.165, 1.54) is 40.6 Å². The molecule has 3 rings (SSSR count). The highest BCUT2D eigenvalue weighted by atomic mass is 16.5. The van der Waals surface area contributed by atoms with Crippen LogP contribution in [0.15, 0.2) is 12.1 Å². The zero-order chi connectivity index (χ0) is 24.5. The van der Waals surface area contributed by atoms with E-state index < -0.39 is 0 Å². The Balaban J connectivity index is 1.41. The Morgan fingerprint density at radius 3 is 2.24 bits per heavy atom. The average Bonchev–Trinajstić information content (AvgIpc) is 2.85. The summed E-state index contributed by atoms with van der Waals surface area (Å²) in [6, 6.07) is 3.86. The molecule has 0 unspecified atom stereocenters. The Morgan fingerprint density at radius 2 is 1.65 bits per heavy atom. The van der Waals surface area contributed by atoms with Crippen molar-refractivity contribution in [3.05, 3.63) is 12.1 Å². The minimum Gasteiger partial charge on any atom is -0.493 e. The number of amides is 3. The summed E-state index contributed by atoms with van der Waals surface area (Å²) in [5, 5.41) is 6.01. The van der Waals surface area contributed by atoms with Crippen molar-refractivity contribution >= 4 is 17.6 Å². The summed E-state index contributed by atoms with van der Waals surface area (Å²) in [4.78, 5) is 29.4. The Hall–Kier alpha value is -2.68. The van der Waals surface area contributed by atoms with E-state index in [2.05, 4.69) is 22.5 Å². The fourth-order valence-corrected chi connectivity index (χ4v) is 4.86. The molecule has 0 spiro atoms. The number of hydrogen-bond donors (Lipinski definition) is 2. The van der Waals surface area contributed by atoms with E-state index in [0.29, 0.717) is 61.0 Å². The van der Waals surface area contributed by atoms with Crippen molar-refractivity contribution in [2.45, 2.75) is 51.5 Å². The highest BCUT2D eigenvalue weighted by Gasteiger charge is 2.25. The fourth-order valence-electron chi connectivity index (χ4n) is 4.86. The molecule has 9 heteroatoms. The standard InChI is InChI=1S/C25H40N4O5/c1-18-7-5-6-11-28(18)14-10-26-23(30)15-19-8-12-29(13-9-19)25(31)27-20-16-21(32-2)24(34-4)22(17-20)33-3/h16-19H,5-15H2,1-4H3,(H,26,30)(H,27,31)/t18-/m0/s1. The first-order chi connectivity index (χ1) is 16.4. The normalized spacial score (nSPS) is 19.4. The summed E-state index contributed by atoms with van der Waals surface area (Å²) < 4.78 is 16.0. The predicted molar refractivity (Wildman–Crippen MR) is 132 cm³/mol. The summed E-state index contributed by atoms with van der Waals surface area (Å²) in [5.74, 6) is 1.87. The monoisotopic (exact) mass is 476 g/mol. The maximum atomic E-state index is 12.8. The summed E-state index contributed by atoms with van der Waals surface area (Å²) in [6.45, 7) is 6.28. The second-order valence-electron chi connectivity index (χ2n) is 9.21. The number of methoxy groups -OCH3 is 3. The number of nitrogens with zero attached hydrogens (tertiary/aromatic N) is 2. The van der Waals surface area contributed by atoms with Crippen molar-refractivity contribution in [2.24, 2.45) is 5.92 Å². The van der Waals surface area contributed by atoms with Gasteiger partial charge in [0, 0.05) is 50.8 Å². The first kappa shape index (κ1) is 25.9. The lowest BCUT2D eigenvalue weighted by Gasteiger charge is -2.33. The van der Waals surface area contributed by atoms with Crippen LogP contribution in [0.4, 0.5) is 10.5 Å². The van der Waals surface area contributed by atoms with Crippen LogP contribution in [0.2, 0.25) is 0 Å². The molecule has 3 amide bonds. The molecule has 2 fully saturated rings. The molecule has 1 aromatic carbocycles. The smallest absolute Gasteiger partial charge is 0.321 e. The first-order valence-electron chi connectivity index (χ1n) is 12.3. The van der Waals surface area contributed by atoms with Gasteiger partial charge in [0.15, 0.2) is 11.5 Å². The molecular formula is C25H40N4O5. The van der Waals surface area contributed by atoms with Gasteiger partial charge in [0.2, 0.25) is 11.7 Å². The molecule has 1 aromatic rings. The maximum absolute atomic E-state index is 12.8. The van der Waals surface area contributed by atoms with E-state index in [1.807, 2.05) is 0 Å². The molecule has 2 aliphatic heterocycles. The van der Waals surface area contributed by atoms with Crippen LogP contribution in [-0.4, -0.2) is 81.8 Å². The Bertz CT molecular complexity index is 801. The van der Waals surface area contributed by atoms with E-state index in [1.54, 1.807) is 17.0 Å². The quantitative estimate of drug-likeness (QED) is 0.568. The number of benzene rings is 1. The largest absolute Gasteiger partial charge is 0.493 e. The van der Waals surface area contributed by atoms with Crippen molar-refractivity contribution in [2.75, 3.05) is 59.4 Å². The Kier molecular flexibility index (Phi) is 9.68. The summed E-state index contributed by atoms with van der Waals surface area (Å²) >= 11 is 0. The molecule has 9 nitrogen and oxygen atoms in total. The van der Waals surface area contributed by atoms with Crippen LogP contribution in [-0.2, 0) is 4.79 Å². The van der Waals surface area contributed by atoms with Gasteiger partial charge in [0.1, 0.15) is 0 Å². The molecule has 34 heavy (non-hydrogen) atoms. The van der Waals surface area contributed by atoms with E-state index in [0.717, 1.165) is 25.9 Å². The van der Waals surface area contributed by atoms with Gasteiger partial charge in [0.25, 0.3) is 0 Å². The summed E-state index contributed by atoms with van der Waals surface area (Å²) in [7, 11) is 4.62. The highest BCUT2D eigenvalue weighted by molar-refractivity contribution is 5.90. The van der Waals surface area contributed by atoms with E-state index in [9.17, 15) is 9.59 Å². The summed E-state index contributed by atoms with van der Waals surface area (Å²) in [5.41, 5.74) is 0.573. The van der Waals surface area contributed by atoms with Gasteiger partial charge in [-0.25, -0.2) is 4.79 Å². The molecule has 0 bridgehead atoms. The lowest BCUT2D eigenvalue weighted by molar-refractivity contribution is -0.122. The van der Waals surface area contributed by atoms with Gasteiger partial charge < -0.3 is 29.7 Å². The second kappa shape index (κ2) is 12.7. The number of hydrogen-bond acceptors (Lipinski definition) is 6.